The first-order valence-corrected chi connectivity index (χ1v) is 9.55. The molecule has 0 saturated heterocycles. The fourth-order valence-corrected chi connectivity index (χ4v) is 4.11. The van der Waals surface area contributed by atoms with E-state index in [4.69, 9.17) is 5.73 Å². The van der Waals surface area contributed by atoms with Crippen LogP contribution in [0.4, 0.5) is 0 Å². The molecule has 3 aromatic carbocycles. The van der Waals surface area contributed by atoms with E-state index >= 15 is 0 Å². The number of fused-ring (bicyclic) bond motifs is 1. The van der Waals surface area contributed by atoms with Gasteiger partial charge in [-0.25, -0.2) is 0 Å². The Labute approximate surface area is 150 Å². The maximum Gasteiger partial charge on any atom is 0.349 e. The van der Waals surface area contributed by atoms with E-state index in [2.05, 4.69) is 0 Å². The van der Waals surface area contributed by atoms with E-state index in [-0.39, 0.29) is 5.56 Å². The third kappa shape index (κ3) is 3.08. The smallest absolute Gasteiger partial charge is 0.349 e. The second-order valence-corrected chi connectivity index (χ2v) is 7.74. The molecule has 1 unspecified atom stereocenters. The van der Waals surface area contributed by atoms with Gasteiger partial charge in [0.25, 0.3) is 0 Å². The molecule has 1 atom stereocenters. The van der Waals surface area contributed by atoms with Gasteiger partial charge in [-0.1, -0.05) is 84.9 Å². The summed E-state index contributed by atoms with van der Waals surface area (Å²) < 4.78 is 12.5. The van der Waals surface area contributed by atoms with Gasteiger partial charge in [-0.3, -0.25) is 9.36 Å². The SMILES string of the molecule is NC(=O)C(/C=C/c1ccccc1)(c1cccc2ccccc12)P(=O)(O)O. The largest absolute Gasteiger partial charge is 0.368 e. The van der Waals surface area contributed by atoms with Gasteiger partial charge in [0.05, 0.1) is 0 Å². The summed E-state index contributed by atoms with van der Waals surface area (Å²) in [5.41, 5.74) is 6.45. The molecule has 0 aliphatic carbocycles. The first kappa shape index (κ1) is 18.1. The zero-order chi connectivity index (χ0) is 18.8. The monoisotopic (exact) mass is 367 g/mol. The molecule has 5 nitrogen and oxygen atoms in total. The highest BCUT2D eigenvalue weighted by atomic mass is 31.2. The molecular formula is C20H18NO4P. The van der Waals surface area contributed by atoms with Crippen molar-refractivity contribution >= 4 is 30.4 Å². The van der Waals surface area contributed by atoms with Crippen molar-refractivity contribution < 1.29 is 19.1 Å². The first-order chi connectivity index (χ1) is 12.4. The van der Waals surface area contributed by atoms with Gasteiger partial charge in [0.1, 0.15) is 0 Å². The van der Waals surface area contributed by atoms with Crippen LogP contribution in [0.3, 0.4) is 0 Å². The Morgan fingerprint density at radius 1 is 0.923 bits per heavy atom. The summed E-state index contributed by atoms with van der Waals surface area (Å²) in [5.74, 6) is -1.10. The number of benzene rings is 3. The second kappa shape index (κ2) is 6.89. The normalized spacial score (nSPS) is 14.4. The number of amides is 1. The molecule has 3 aromatic rings. The van der Waals surface area contributed by atoms with Crippen molar-refractivity contribution in [3.8, 4) is 0 Å². The van der Waals surface area contributed by atoms with Crippen LogP contribution < -0.4 is 5.73 Å². The highest BCUT2D eigenvalue weighted by Crippen LogP contribution is 2.59. The molecule has 4 N–H and O–H groups in total. The Kier molecular flexibility index (Phi) is 4.79. The van der Waals surface area contributed by atoms with Crippen LogP contribution in [0.5, 0.6) is 0 Å². The lowest BCUT2D eigenvalue weighted by atomic mass is 9.91. The zero-order valence-corrected chi connectivity index (χ0v) is 14.7. The summed E-state index contributed by atoms with van der Waals surface area (Å²) in [5, 5.41) is -0.934. The van der Waals surface area contributed by atoms with Crippen molar-refractivity contribution in [2.24, 2.45) is 5.73 Å². The lowest BCUT2D eigenvalue weighted by Gasteiger charge is -2.30. The van der Waals surface area contributed by atoms with Crippen LogP contribution in [0.1, 0.15) is 11.1 Å². The predicted molar refractivity (Wildman–Crippen MR) is 102 cm³/mol. The maximum atomic E-state index is 12.5. The lowest BCUT2D eigenvalue weighted by molar-refractivity contribution is -0.119. The van der Waals surface area contributed by atoms with Crippen LogP contribution in [0, 0.1) is 0 Å². The topological polar surface area (TPSA) is 101 Å². The fourth-order valence-electron chi connectivity index (χ4n) is 3.04. The minimum atomic E-state index is -4.99. The van der Waals surface area contributed by atoms with E-state index < -0.39 is 18.7 Å². The van der Waals surface area contributed by atoms with Crippen molar-refractivity contribution in [2.75, 3.05) is 0 Å². The molecule has 0 fully saturated rings. The van der Waals surface area contributed by atoms with Gasteiger partial charge in [0.15, 0.2) is 5.16 Å². The molecule has 0 aliphatic heterocycles. The number of nitrogens with two attached hydrogens (primary N) is 1. The van der Waals surface area contributed by atoms with Crippen molar-refractivity contribution in [1.29, 1.82) is 0 Å². The molecule has 0 aromatic heterocycles. The highest BCUT2D eigenvalue weighted by Gasteiger charge is 2.52. The minimum absolute atomic E-state index is 0.184. The van der Waals surface area contributed by atoms with Gasteiger partial charge in [0.2, 0.25) is 5.91 Å². The molecular weight excluding hydrogens is 349 g/mol. The maximum absolute atomic E-state index is 12.5. The Hall–Kier alpha value is -2.72. The van der Waals surface area contributed by atoms with Gasteiger partial charge in [-0.2, -0.15) is 0 Å². The molecule has 0 spiro atoms. The van der Waals surface area contributed by atoms with Crippen LogP contribution in [0.2, 0.25) is 0 Å². The summed E-state index contributed by atoms with van der Waals surface area (Å²) in [6, 6.07) is 21.0. The summed E-state index contributed by atoms with van der Waals surface area (Å²) in [7, 11) is -4.99. The standard InChI is InChI=1S/C20H18NO4P/c21-19(22)20(26(23,24)25,14-13-15-7-2-1-3-8-15)18-12-6-10-16-9-4-5-11-17(16)18/h1-14H,(H2,21,22)(H2,23,24,25)/b14-13+. The van der Waals surface area contributed by atoms with Crippen LogP contribution in [0.25, 0.3) is 16.8 Å². The van der Waals surface area contributed by atoms with Gasteiger partial charge < -0.3 is 15.5 Å². The number of hydrogen-bond acceptors (Lipinski definition) is 2. The molecule has 0 radical (unpaired) electrons. The van der Waals surface area contributed by atoms with E-state index in [9.17, 15) is 19.1 Å². The molecule has 0 aliphatic rings. The predicted octanol–water partition coefficient (Wildman–Crippen LogP) is 3.41. The van der Waals surface area contributed by atoms with Crippen molar-refractivity contribution in [3.05, 3.63) is 90.0 Å². The molecule has 0 saturated carbocycles. The van der Waals surface area contributed by atoms with E-state index in [1.165, 1.54) is 18.2 Å². The van der Waals surface area contributed by atoms with Crippen LogP contribution in [-0.4, -0.2) is 15.7 Å². The van der Waals surface area contributed by atoms with Gasteiger partial charge in [-0.15, -0.1) is 0 Å². The van der Waals surface area contributed by atoms with E-state index in [0.717, 1.165) is 5.39 Å². The number of carbonyl (C=O) groups excluding carboxylic acids is 1. The molecule has 6 heteroatoms. The quantitative estimate of drug-likeness (QED) is 0.602. The summed E-state index contributed by atoms with van der Waals surface area (Å²) >= 11 is 0. The first-order valence-electron chi connectivity index (χ1n) is 7.94. The zero-order valence-electron chi connectivity index (χ0n) is 13.8. The van der Waals surface area contributed by atoms with Crippen molar-refractivity contribution in [2.45, 2.75) is 5.16 Å². The Balaban J connectivity index is 2.32. The number of carbonyl (C=O) groups is 1. The van der Waals surface area contributed by atoms with E-state index in [1.807, 2.05) is 24.3 Å². The minimum Gasteiger partial charge on any atom is -0.368 e. The van der Waals surface area contributed by atoms with Crippen molar-refractivity contribution in [1.82, 2.24) is 0 Å². The van der Waals surface area contributed by atoms with Crippen molar-refractivity contribution in [3.63, 3.8) is 0 Å². The fraction of sp³-hybridized carbons (Fsp3) is 0.0500. The summed E-state index contributed by atoms with van der Waals surface area (Å²) in [4.78, 5) is 32.7. The molecule has 26 heavy (non-hydrogen) atoms. The highest BCUT2D eigenvalue weighted by molar-refractivity contribution is 7.54. The number of hydrogen-bond donors (Lipinski definition) is 3. The van der Waals surface area contributed by atoms with Gasteiger partial charge in [0, 0.05) is 0 Å². The molecule has 0 heterocycles. The van der Waals surface area contributed by atoms with E-state index in [0.29, 0.717) is 10.9 Å². The van der Waals surface area contributed by atoms with Gasteiger partial charge in [-0.05, 0) is 21.9 Å². The third-order valence-electron chi connectivity index (χ3n) is 4.35. The average Bonchev–Trinajstić information content (AvgIpc) is 2.62. The molecule has 1 amide bonds. The Morgan fingerprint density at radius 2 is 1.54 bits per heavy atom. The summed E-state index contributed by atoms with van der Waals surface area (Å²) in [6.07, 6.45) is 2.72. The Bertz CT molecular complexity index is 1020. The van der Waals surface area contributed by atoms with Gasteiger partial charge >= 0.3 is 7.60 Å². The van der Waals surface area contributed by atoms with E-state index in [1.54, 1.807) is 42.5 Å². The lowest BCUT2D eigenvalue weighted by Crippen LogP contribution is -2.39. The Morgan fingerprint density at radius 3 is 2.19 bits per heavy atom. The number of rotatable bonds is 5. The van der Waals surface area contributed by atoms with Crippen LogP contribution >= 0.6 is 7.60 Å². The molecule has 3 rings (SSSR count). The molecule has 132 valence electrons. The average molecular weight is 367 g/mol. The van der Waals surface area contributed by atoms with Crippen LogP contribution in [-0.2, 0) is 14.5 Å². The second-order valence-electron chi connectivity index (χ2n) is 5.95. The summed E-state index contributed by atoms with van der Waals surface area (Å²) in [6.45, 7) is 0. The number of primary amides is 1. The third-order valence-corrected chi connectivity index (χ3v) is 5.88. The molecule has 0 bridgehead atoms. The van der Waals surface area contributed by atoms with Crippen LogP contribution in [0.15, 0.2) is 78.9 Å².